The second-order valence-corrected chi connectivity index (χ2v) is 8.14. The normalized spacial score (nSPS) is 12.9. The average Bonchev–Trinajstić information content (AvgIpc) is 2.09. The van der Waals surface area contributed by atoms with Gasteiger partial charge in [-0.2, -0.15) is 0 Å². The molecule has 0 radical (unpaired) electrons. The van der Waals surface area contributed by atoms with E-state index in [4.69, 9.17) is 12.6 Å². The number of hydrogen-bond acceptors (Lipinski definition) is 1. The minimum absolute atomic E-state index is 0.149. The average molecular weight is 264 g/mol. The van der Waals surface area contributed by atoms with Gasteiger partial charge in [0.2, 0.25) is 0 Å². The van der Waals surface area contributed by atoms with Crippen LogP contribution in [-0.4, -0.2) is 0 Å². The molecule has 0 N–H and O–H groups in total. The van der Waals surface area contributed by atoms with Gasteiger partial charge in [0, 0.05) is 4.90 Å². The smallest absolute Gasteiger partial charge is 0.0112 e. The highest BCUT2D eigenvalue weighted by Gasteiger charge is 2.25. The first-order valence-corrected chi connectivity index (χ1v) is 7.21. The van der Waals surface area contributed by atoms with Crippen LogP contribution < -0.4 is 0 Å². The lowest BCUT2D eigenvalue weighted by Gasteiger charge is -2.30. The molecular weight excluding hydrogens is 236 g/mol. The summed E-state index contributed by atoms with van der Waals surface area (Å²) in [5.41, 5.74) is 6.01. The summed E-state index contributed by atoms with van der Waals surface area (Å²) < 4.78 is 0. The standard InChI is InChI=1S/C17H28S/c1-11-9-13(10-16(3,4)5)14(17(6,7)8)15(18)12(11)2/h9,18H,10H2,1-8H3. The fraction of sp³-hybridized carbons (Fsp3) is 0.647. The van der Waals surface area contributed by atoms with E-state index in [1.165, 1.54) is 27.1 Å². The van der Waals surface area contributed by atoms with Crippen molar-refractivity contribution in [3.8, 4) is 0 Å². The predicted molar refractivity (Wildman–Crippen MR) is 85.0 cm³/mol. The number of hydrogen-bond donors (Lipinski definition) is 1. The molecule has 0 atom stereocenters. The molecule has 0 aliphatic heterocycles. The van der Waals surface area contributed by atoms with E-state index in [2.05, 4.69) is 61.5 Å². The van der Waals surface area contributed by atoms with Gasteiger partial charge in [-0.05, 0) is 53.4 Å². The molecule has 1 aromatic carbocycles. The zero-order valence-corrected chi connectivity index (χ0v) is 14.1. The zero-order valence-electron chi connectivity index (χ0n) is 13.2. The van der Waals surface area contributed by atoms with E-state index in [-0.39, 0.29) is 5.41 Å². The number of aryl methyl sites for hydroxylation is 1. The summed E-state index contributed by atoms with van der Waals surface area (Å²) in [6.45, 7) is 18.1. The summed E-state index contributed by atoms with van der Waals surface area (Å²) in [7, 11) is 0. The van der Waals surface area contributed by atoms with Crippen LogP contribution in [0.4, 0.5) is 0 Å². The van der Waals surface area contributed by atoms with Gasteiger partial charge in [0.25, 0.3) is 0 Å². The Kier molecular flexibility index (Phi) is 4.27. The molecule has 0 heterocycles. The molecule has 0 saturated heterocycles. The molecule has 0 aromatic heterocycles. The molecule has 1 aromatic rings. The molecular formula is C17H28S. The third-order valence-electron chi connectivity index (χ3n) is 3.37. The van der Waals surface area contributed by atoms with Crippen LogP contribution in [0.1, 0.15) is 63.8 Å². The van der Waals surface area contributed by atoms with Gasteiger partial charge in [0.15, 0.2) is 0 Å². The van der Waals surface area contributed by atoms with Crippen molar-refractivity contribution >= 4 is 12.6 Å². The molecule has 0 fully saturated rings. The fourth-order valence-electron chi connectivity index (χ4n) is 2.52. The minimum atomic E-state index is 0.149. The van der Waals surface area contributed by atoms with Gasteiger partial charge < -0.3 is 0 Å². The van der Waals surface area contributed by atoms with Crippen LogP contribution in [0.25, 0.3) is 0 Å². The Bertz CT molecular complexity index is 442. The van der Waals surface area contributed by atoms with Gasteiger partial charge in [-0.1, -0.05) is 47.6 Å². The Hall–Kier alpha value is -0.430. The van der Waals surface area contributed by atoms with Crippen molar-refractivity contribution in [2.24, 2.45) is 5.41 Å². The van der Waals surface area contributed by atoms with E-state index in [0.29, 0.717) is 5.41 Å². The maximum Gasteiger partial charge on any atom is 0.0112 e. The Labute approximate surface area is 119 Å². The van der Waals surface area contributed by atoms with Crippen molar-refractivity contribution in [2.75, 3.05) is 0 Å². The van der Waals surface area contributed by atoms with Gasteiger partial charge in [0.1, 0.15) is 0 Å². The van der Waals surface area contributed by atoms with Gasteiger partial charge in [-0.25, -0.2) is 0 Å². The molecule has 1 heteroatoms. The second kappa shape index (κ2) is 4.92. The van der Waals surface area contributed by atoms with E-state index >= 15 is 0 Å². The third kappa shape index (κ3) is 3.54. The maximum atomic E-state index is 4.79. The van der Waals surface area contributed by atoms with E-state index in [1.54, 1.807) is 0 Å². The Balaban J connectivity index is 3.50. The highest BCUT2D eigenvalue weighted by Crippen LogP contribution is 2.37. The van der Waals surface area contributed by atoms with Crippen LogP contribution in [-0.2, 0) is 11.8 Å². The quantitative estimate of drug-likeness (QED) is 0.638. The number of rotatable bonds is 1. The lowest BCUT2D eigenvalue weighted by atomic mass is 9.77. The van der Waals surface area contributed by atoms with Crippen molar-refractivity contribution in [3.05, 3.63) is 28.3 Å². The summed E-state index contributed by atoms with van der Waals surface area (Å²) in [4.78, 5) is 1.18. The van der Waals surface area contributed by atoms with E-state index in [1.807, 2.05) is 0 Å². The van der Waals surface area contributed by atoms with E-state index in [9.17, 15) is 0 Å². The van der Waals surface area contributed by atoms with Crippen LogP contribution in [0.15, 0.2) is 11.0 Å². The summed E-state index contributed by atoms with van der Waals surface area (Å²) in [5.74, 6) is 0. The summed E-state index contributed by atoms with van der Waals surface area (Å²) in [6.07, 6.45) is 1.11. The molecule has 0 aliphatic rings. The predicted octanol–water partition coefficient (Wildman–Crippen LogP) is 5.48. The zero-order chi connectivity index (χ0) is 14.3. The fourth-order valence-corrected chi connectivity index (χ4v) is 3.17. The number of thiol groups is 1. The molecule has 0 unspecified atom stereocenters. The van der Waals surface area contributed by atoms with E-state index in [0.717, 1.165) is 6.42 Å². The lowest BCUT2D eigenvalue weighted by molar-refractivity contribution is 0.405. The summed E-state index contributed by atoms with van der Waals surface area (Å²) in [5, 5.41) is 0. The van der Waals surface area contributed by atoms with Crippen molar-refractivity contribution in [2.45, 2.75) is 72.1 Å². The molecule has 0 nitrogen and oxygen atoms in total. The highest BCUT2D eigenvalue weighted by atomic mass is 32.1. The largest absolute Gasteiger partial charge is 0.143 e. The van der Waals surface area contributed by atoms with Crippen LogP contribution in [0.2, 0.25) is 0 Å². The van der Waals surface area contributed by atoms with E-state index < -0.39 is 0 Å². The lowest BCUT2D eigenvalue weighted by Crippen LogP contribution is -2.20. The van der Waals surface area contributed by atoms with Crippen molar-refractivity contribution in [1.29, 1.82) is 0 Å². The van der Waals surface area contributed by atoms with Crippen LogP contribution in [0, 0.1) is 19.3 Å². The molecule has 0 spiro atoms. The molecule has 0 aliphatic carbocycles. The first-order valence-electron chi connectivity index (χ1n) is 6.76. The van der Waals surface area contributed by atoms with Crippen molar-refractivity contribution < 1.29 is 0 Å². The highest BCUT2D eigenvalue weighted by molar-refractivity contribution is 7.80. The Morgan fingerprint density at radius 1 is 1.00 bits per heavy atom. The first kappa shape index (κ1) is 15.6. The van der Waals surface area contributed by atoms with Crippen molar-refractivity contribution in [1.82, 2.24) is 0 Å². The monoisotopic (exact) mass is 264 g/mol. The molecule has 0 bridgehead atoms. The summed E-state index contributed by atoms with van der Waals surface area (Å²) in [6, 6.07) is 2.36. The molecule has 0 saturated carbocycles. The molecule has 0 amide bonds. The van der Waals surface area contributed by atoms with Gasteiger partial charge in [-0.3, -0.25) is 0 Å². The topological polar surface area (TPSA) is 0 Å². The summed E-state index contributed by atoms with van der Waals surface area (Å²) >= 11 is 4.79. The first-order chi connectivity index (χ1) is 7.93. The second-order valence-electron chi connectivity index (χ2n) is 7.69. The molecule has 18 heavy (non-hydrogen) atoms. The maximum absolute atomic E-state index is 4.79. The minimum Gasteiger partial charge on any atom is -0.143 e. The Morgan fingerprint density at radius 3 is 1.89 bits per heavy atom. The van der Waals surface area contributed by atoms with Crippen LogP contribution >= 0.6 is 12.6 Å². The van der Waals surface area contributed by atoms with Crippen LogP contribution in [0.3, 0.4) is 0 Å². The molecule has 1 rings (SSSR count). The van der Waals surface area contributed by atoms with Crippen molar-refractivity contribution in [3.63, 3.8) is 0 Å². The van der Waals surface area contributed by atoms with Gasteiger partial charge >= 0.3 is 0 Å². The molecule has 102 valence electrons. The Morgan fingerprint density at radius 2 is 1.50 bits per heavy atom. The van der Waals surface area contributed by atoms with Crippen LogP contribution in [0.5, 0.6) is 0 Å². The van der Waals surface area contributed by atoms with Gasteiger partial charge in [-0.15, -0.1) is 12.6 Å². The van der Waals surface area contributed by atoms with Gasteiger partial charge in [0.05, 0.1) is 0 Å². The third-order valence-corrected chi connectivity index (χ3v) is 3.93. The number of benzene rings is 1. The SMILES string of the molecule is Cc1cc(CC(C)(C)C)c(C(C)(C)C)c(S)c1C.